The first-order valence-corrected chi connectivity index (χ1v) is 10.0. The first-order valence-electron chi connectivity index (χ1n) is 9.12. The van der Waals surface area contributed by atoms with Crippen LogP contribution >= 0.6 is 23.7 Å². The van der Waals surface area contributed by atoms with Crippen LogP contribution in [0.15, 0.2) is 40.5 Å². The number of rotatable bonds is 4. The molecule has 0 bridgehead atoms. The number of halogens is 2. The minimum absolute atomic E-state index is 0. The van der Waals surface area contributed by atoms with E-state index in [0.717, 1.165) is 16.3 Å². The second kappa shape index (κ2) is 8.14. The average molecular weight is 433 g/mol. The van der Waals surface area contributed by atoms with Gasteiger partial charge in [0.2, 0.25) is 0 Å². The molecular formula is C22H22ClFN2O2S. The van der Waals surface area contributed by atoms with Crippen molar-refractivity contribution in [2.75, 3.05) is 13.6 Å². The van der Waals surface area contributed by atoms with Crippen molar-refractivity contribution < 1.29 is 9.50 Å². The summed E-state index contributed by atoms with van der Waals surface area (Å²) in [5.74, 6) is -0.207. The number of hydrogen-bond donors (Lipinski definition) is 3. The molecule has 3 N–H and O–H groups in total. The van der Waals surface area contributed by atoms with Gasteiger partial charge >= 0.3 is 0 Å². The lowest BCUT2D eigenvalue weighted by molar-refractivity contribution is 0.477. The Bertz CT molecular complexity index is 1270. The number of aromatic nitrogens is 1. The lowest BCUT2D eigenvalue weighted by Crippen LogP contribution is -2.15. The minimum Gasteiger partial charge on any atom is -0.507 e. The number of thiophene rings is 1. The van der Waals surface area contributed by atoms with Gasteiger partial charge in [-0.05, 0) is 60.2 Å². The van der Waals surface area contributed by atoms with Crippen molar-refractivity contribution in [3.63, 3.8) is 0 Å². The highest BCUT2D eigenvalue weighted by Gasteiger charge is 2.19. The summed E-state index contributed by atoms with van der Waals surface area (Å²) in [4.78, 5) is 15.3. The van der Waals surface area contributed by atoms with E-state index in [4.69, 9.17) is 0 Å². The summed E-state index contributed by atoms with van der Waals surface area (Å²) in [5, 5.41) is 17.2. The fourth-order valence-corrected chi connectivity index (χ4v) is 4.67. The quantitative estimate of drug-likeness (QED) is 0.409. The number of aromatic hydroxyl groups is 1. The number of aryl methyl sites for hydroxylation is 1. The van der Waals surface area contributed by atoms with Gasteiger partial charge in [-0.2, -0.15) is 0 Å². The Morgan fingerprint density at radius 3 is 2.72 bits per heavy atom. The Morgan fingerprint density at radius 2 is 2.03 bits per heavy atom. The van der Waals surface area contributed by atoms with E-state index in [1.54, 1.807) is 12.1 Å². The standard InChI is InChI=1S/C22H21FN2O2S.ClH/c1-11-8-17(26)18(13-4-5-14(16(23)9-13)12(2)10-24-3)19-15-6-7-28-21(15)22(27)25-20(11)19;/h4-9,12,24,26H,10H2,1-3H3,(H,25,27);1H/t12-;/m0./s1. The fraction of sp³-hybridized carbons (Fsp3) is 0.227. The first kappa shape index (κ1) is 21.3. The third-order valence-electron chi connectivity index (χ3n) is 5.21. The van der Waals surface area contributed by atoms with Crippen molar-refractivity contribution in [3.8, 4) is 16.9 Å². The lowest BCUT2D eigenvalue weighted by Gasteiger charge is -2.16. The predicted octanol–water partition coefficient (Wildman–Crippen LogP) is 5.31. The molecule has 2 aromatic carbocycles. The number of pyridine rings is 1. The summed E-state index contributed by atoms with van der Waals surface area (Å²) in [7, 11) is 1.84. The Kier molecular flexibility index (Phi) is 5.98. The van der Waals surface area contributed by atoms with Crippen LogP contribution < -0.4 is 10.9 Å². The molecule has 2 aromatic heterocycles. The molecule has 29 heavy (non-hydrogen) atoms. The predicted molar refractivity (Wildman–Crippen MR) is 121 cm³/mol. The molecule has 0 aliphatic rings. The topological polar surface area (TPSA) is 65.1 Å². The van der Waals surface area contributed by atoms with E-state index >= 15 is 0 Å². The molecule has 0 saturated heterocycles. The van der Waals surface area contributed by atoms with Crippen molar-refractivity contribution in [1.82, 2.24) is 10.3 Å². The van der Waals surface area contributed by atoms with Gasteiger partial charge in [0, 0.05) is 22.9 Å². The molecule has 4 aromatic rings. The van der Waals surface area contributed by atoms with Crippen LogP contribution in [0.25, 0.3) is 32.1 Å². The van der Waals surface area contributed by atoms with Crippen molar-refractivity contribution in [2.24, 2.45) is 0 Å². The monoisotopic (exact) mass is 432 g/mol. The normalized spacial score (nSPS) is 12.3. The van der Waals surface area contributed by atoms with Crippen molar-refractivity contribution >= 4 is 44.7 Å². The molecule has 0 radical (unpaired) electrons. The van der Waals surface area contributed by atoms with Crippen LogP contribution in [0, 0.1) is 12.7 Å². The Morgan fingerprint density at radius 1 is 1.28 bits per heavy atom. The molecule has 7 heteroatoms. The van der Waals surface area contributed by atoms with E-state index in [9.17, 15) is 14.3 Å². The summed E-state index contributed by atoms with van der Waals surface area (Å²) in [6, 6.07) is 8.56. The van der Waals surface area contributed by atoms with Crippen LogP contribution in [-0.2, 0) is 0 Å². The van der Waals surface area contributed by atoms with E-state index < -0.39 is 0 Å². The van der Waals surface area contributed by atoms with Gasteiger partial charge in [0.25, 0.3) is 5.56 Å². The van der Waals surface area contributed by atoms with Gasteiger partial charge in [-0.15, -0.1) is 23.7 Å². The highest BCUT2D eigenvalue weighted by atomic mass is 35.5. The summed E-state index contributed by atoms with van der Waals surface area (Å²) in [6.07, 6.45) is 0. The van der Waals surface area contributed by atoms with Crippen LogP contribution in [0.5, 0.6) is 5.75 Å². The summed E-state index contributed by atoms with van der Waals surface area (Å²) < 4.78 is 15.5. The number of phenolic OH excluding ortho intramolecular Hbond substituents is 1. The summed E-state index contributed by atoms with van der Waals surface area (Å²) in [6.45, 7) is 4.47. The molecule has 1 atom stereocenters. The van der Waals surface area contributed by atoms with E-state index in [0.29, 0.717) is 33.5 Å². The number of benzene rings is 2. The zero-order chi connectivity index (χ0) is 20.0. The van der Waals surface area contributed by atoms with Crippen molar-refractivity contribution in [2.45, 2.75) is 19.8 Å². The maximum Gasteiger partial charge on any atom is 0.266 e. The number of H-pyrrole nitrogens is 1. The zero-order valence-corrected chi connectivity index (χ0v) is 17.9. The number of fused-ring (bicyclic) bond motifs is 3. The van der Waals surface area contributed by atoms with E-state index in [1.807, 2.05) is 38.4 Å². The molecule has 0 spiro atoms. The van der Waals surface area contributed by atoms with Gasteiger partial charge in [0.1, 0.15) is 16.3 Å². The third-order valence-corrected chi connectivity index (χ3v) is 6.13. The maximum absolute atomic E-state index is 14.9. The van der Waals surface area contributed by atoms with Crippen molar-refractivity contribution in [1.29, 1.82) is 0 Å². The fourth-order valence-electron chi connectivity index (χ4n) is 3.87. The average Bonchev–Trinajstić information content (AvgIpc) is 3.13. The molecule has 0 unspecified atom stereocenters. The molecule has 4 rings (SSSR count). The summed E-state index contributed by atoms with van der Waals surface area (Å²) in [5.41, 5.74) is 3.02. The summed E-state index contributed by atoms with van der Waals surface area (Å²) >= 11 is 1.35. The van der Waals surface area contributed by atoms with Crippen LogP contribution in [-0.4, -0.2) is 23.7 Å². The molecule has 0 fully saturated rings. The van der Waals surface area contributed by atoms with Gasteiger partial charge in [0.15, 0.2) is 0 Å². The van der Waals surface area contributed by atoms with E-state index in [1.165, 1.54) is 17.4 Å². The third kappa shape index (κ3) is 3.52. The second-order valence-electron chi connectivity index (χ2n) is 7.15. The Labute approximate surface area is 177 Å². The highest BCUT2D eigenvalue weighted by molar-refractivity contribution is 7.17. The van der Waals surface area contributed by atoms with Crippen LogP contribution in [0.2, 0.25) is 0 Å². The molecule has 0 aliphatic heterocycles. The number of phenols is 1. The van der Waals surface area contributed by atoms with Crippen LogP contribution in [0.4, 0.5) is 4.39 Å². The number of nitrogens with one attached hydrogen (secondary N) is 2. The SMILES string of the molecule is CNC[C@H](C)c1ccc(-c2c(O)cc(C)c3[nH]c(=O)c4sccc4c23)cc1F.Cl. The Hall–Kier alpha value is -2.41. The number of hydrogen-bond acceptors (Lipinski definition) is 4. The molecule has 4 nitrogen and oxygen atoms in total. The highest BCUT2D eigenvalue weighted by Crippen LogP contribution is 2.41. The van der Waals surface area contributed by atoms with Gasteiger partial charge in [-0.3, -0.25) is 4.79 Å². The van der Waals surface area contributed by atoms with Crippen molar-refractivity contribution in [3.05, 3.63) is 63.0 Å². The zero-order valence-electron chi connectivity index (χ0n) is 16.3. The van der Waals surface area contributed by atoms with Gasteiger partial charge < -0.3 is 15.4 Å². The first-order chi connectivity index (χ1) is 13.4. The van der Waals surface area contributed by atoms with Crippen LogP contribution in [0.1, 0.15) is 24.0 Å². The lowest BCUT2D eigenvalue weighted by atomic mass is 9.92. The largest absolute Gasteiger partial charge is 0.507 e. The minimum atomic E-state index is -0.306. The number of likely N-dealkylation sites (N-methyl/N-ethyl adjacent to an activating group) is 1. The van der Waals surface area contributed by atoms with E-state index in [2.05, 4.69) is 10.3 Å². The van der Waals surface area contributed by atoms with Gasteiger partial charge in [0.05, 0.1) is 5.52 Å². The second-order valence-corrected chi connectivity index (χ2v) is 8.07. The smallest absolute Gasteiger partial charge is 0.266 e. The molecular weight excluding hydrogens is 411 g/mol. The molecule has 0 aliphatic carbocycles. The Balaban J connectivity index is 0.00000240. The molecule has 0 saturated carbocycles. The van der Waals surface area contributed by atoms with Crippen LogP contribution in [0.3, 0.4) is 0 Å². The molecule has 152 valence electrons. The molecule has 0 amide bonds. The molecule has 2 heterocycles. The number of aromatic amines is 1. The maximum atomic E-state index is 14.9. The van der Waals surface area contributed by atoms with Gasteiger partial charge in [-0.25, -0.2) is 4.39 Å². The van der Waals surface area contributed by atoms with Gasteiger partial charge in [-0.1, -0.05) is 19.1 Å². The van der Waals surface area contributed by atoms with E-state index in [-0.39, 0.29) is 35.5 Å².